The number of methoxy groups -OCH3 is 1. The van der Waals surface area contributed by atoms with Crippen LogP contribution in [0.15, 0.2) is 34.7 Å². The monoisotopic (exact) mass is 390 g/mol. The van der Waals surface area contributed by atoms with Gasteiger partial charge in [0, 0.05) is 13.1 Å². The molecule has 27 heavy (non-hydrogen) atoms. The van der Waals surface area contributed by atoms with Crippen LogP contribution in [-0.4, -0.2) is 55.0 Å². The third kappa shape index (κ3) is 3.91. The zero-order valence-corrected chi connectivity index (χ0v) is 15.9. The summed E-state index contributed by atoms with van der Waals surface area (Å²) in [5, 5.41) is 11.3. The van der Waals surface area contributed by atoms with Gasteiger partial charge in [0.2, 0.25) is 0 Å². The average molecular weight is 390 g/mol. The molecule has 142 valence electrons. The predicted octanol–water partition coefficient (Wildman–Crippen LogP) is 3.01. The number of carbonyl (C=O) groups excluding carboxylic acids is 1. The summed E-state index contributed by atoms with van der Waals surface area (Å²) < 4.78 is 11.3. The summed E-state index contributed by atoms with van der Waals surface area (Å²) >= 11 is 1.34. The van der Waals surface area contributed by atoms with Gasteiger partial charge in [0.15, 0.2) is 10.9 Å². The second-order valence-electron chi connectivity index (χ2n) is 5.96. The van der Waals surface area contributed by atoms with Crippen LogP contribution in [0.4, 0.5) is 11.0 Å². The van der Waals surface area contributed by atoms with E-state index in [0.29, 0.717) is 29.5 Å². The maximum Gasteiger partial charge on any atom is 0.433 e. The van der Waals surface area contributed by atoms with Gasteiger partial charge in [-0.25, -0.2) is 4.98 Å². The molecule has 1 amide bonds. The minimum absolute atomic E-state index is 0.105. The first-order valence-corrected chi connectivity index (χ1v) is 8.86. The average Bonchev–Trinajstić information content (AvgIpc) is 3.28. The molecule has 0 unspecified atom stereocenters. The molecule has 10 heteroatoms. The van der Waals surface area contributed by atoms with Crippen molar-refractivity contribution in [2.24, 2.45) is 0 Å². The van der Waals surface area contributed by atoms with Crippen molar-refractivity contribution < 1.29 is 18.9 Å². The second-order valence-corrected chi connectivity index (χ2v) is 6.97. The largest absolute Gasteiger partial charge is 0.494 e. The van der Waals surface area contributed by atoms with Crippen LogP contribution in [0.1, 0.15) is 10.6 Å². The Labute approximate surface area is 158 Å². The smallest absolute Gasteiger partial charge is 0.433 e. The minimum Gasteiger partial charge on any atom is -0.494 e. The summed E-state index contributed by atoms with van der Waals surface area (Å²) in [7, 11) is 5.34. The highest BCUT2D eigenvalue weighted by atomic mass is 32.1. The molecule has 0 aliphatic heterocycles. The predicted molar refractivity (Wildman–Crippen MR) is 102 cm³/mol. The van der Waals surface area contributed by atoms with E-state index in [-0.39, 0.29) is 5.76 Å². The molecule has 0 aliphatic carbocycles. The number of hydrogen-bond donors (Lipinski definition) is 0. The second kappa shape index (κ2) is 7.72. The Morgan fingerprint density at radius 3 is 2.70 bits per heavy atom. The highest BCUT2D eigenvalue weighted by molar-refractivity contribution is 7.22. The number of thiazole rings is 1. The summed E-state index contributed by atoms with van der Waals surface area (Å²) in [5.41, 5.74) is 0.660. The van der Waals surface area contributed by atoms with Crippen molar-refractivity contribution in [3.63, 3.8) is 0 Å². The number of hydrogen-bond acceptors (Lipinski definition) is 8. The number of benzene rings is 1. The quantitative estimate of drug-likeness (QED) is 0.451. The molecule has 3 aromatic rings. The molecule has 0 N–H and O–H groups in total. The number of amides is 1. The SMILES string of the molecule is COc1cccc2sc(N(CCN(C)C)C(=O)c3ccc([N+](=O)[O-])o3)nc12. The van der Waals surface area contributed by atoms with Crippen molar-refractivity contribution in [1.29, 1.82) is 0 Å². The van der Waals surface area contributed by atoms with Crippen LogP contribution < -0.4 is 9.64 Å². The lowest BCUT2D eigenvalue weighted by atomic mass is 10.3. The van der Waals surface area contributed by atoms with Crippen molar-refractivity contribution >= 4 is 38.5 Å². The molecule has 2 aromatic heterocycles. The van der Waals surface area contributed by atoms with E-state index in [1.807, 2.05) is 31.1 Å². The molecule has 2 heterocycles. The fourth-order valence-corrected chi connectivity index (χ4v) is 3.46. The lowest BCUT2D eigenvalue weighted by Crippen LogP contribution is -2.36. The molecule has 0 spiro atoms. The van der Waals surface area contributed by atoms with E-state index in [4.69, 9.17) is 9.15 Å². The summed E-state index contributed by atoms with van der Waals surface area (Å²) in [6.45, 7) is 0.935. The first-order valence-electron chi connectivity index (χ1n) is 8.05. The topological polar surface area (TPSA) is 102 Å². The van der Waals surface area contributed by atoms with Gasteiger partial charge in [-0.15, -0.1) is 0 Å². The van der Waals surface area contributed by atoms with Crippen LogP contribution in [-0.2, 0) is 0 Å². The summed E-state index contributed by atoms with van der Waals surface area (Å²) in [6, 6.07) is 8.01. The van der Waals surface area contributed by atoms with E-state index >= 15 is 0 Å². The van der Waals surface area contributed by atoms with Gasteiger partial charge in [0.25, 0.3) is 5.91 Å². The Morgan fingerprint density at radius 2 is 2.07 bits per heavy atom. The van der Waals surface area contributed by atoms with Gasteiger partial charge in [-0.3, -0.25) is 19.8 Å². The Balaban J connectivity index is 1.99. The van der Waals surface area contributed by atoms with Gasteiger partial charge < -0.3 is 14.1 Å². The number of nitro groups is 1. The number of nitrogens with zero attached hydrogens (tertiary/aromatic N) is 4. The van der Waals surface area contributed by atoms with Crippen LogP contribution in [0.2, 0.25) is 0 Å². The summed E-state index contributed by atoms with van der Waals surface area (Å²) in [5.74, 6) is -0.449. The first-order chi connectivity index (χ1) is 12.9. The Bertz CT molecular complexity index is 981. The number of para-hydroxylation sites is 1. The fourth-order valence-electron chi connectivity index (χ4n) is 2.45. The van der Waals surface area contributed by atoms with Crippen LogP contribution in [0.5, 0.6) is 5.75 Å². The highest BCUT2D eigenvalue weighted by Gasteiger charge is 2.26. The lowest BCUT2D eigenvalue weighted by molar-refractivity contribution is -0.402. The van der Waals surface area contributed by atoms with Crippen molar-refractivity contribution in [3.05, 3.63) is 46.2 Å². The Morgan fingerprint density at radius 1 is 1.30 bits per heavy atom. The molecule has 0 saturated carbocycles. The molecule has 0 atom stereocenters. The minimum atomic E-state index is -0.677. The van der Waals surface area contributed by atoms with Gasteiger partial charge in [-0.2, -0.15) is 0 Å². The molecule has 9 nitrogen and oxygen atoms in total. The van der Waals surface area contributed by atoms with Crippen molar-refractivity contribution in [2.75, 3.05) is 39.2 Å². The van der Waals surface area contributed by atoms with Gasteiger partial charge in [0.05, 0.1) is 17.9 Å². The molecular formula is C17H18N4O5S. The zero-order chi connectivity index (χ0) is 19.6. The van der Waals surface area contributed by atoms with Crippen LogP contribution in [0, 0.1) is 10.1 Å². The third-order valence-corrected chi connectivity index (χ3v) is 4.86. The number of likely N-dealkylation sites (N-methyl/N-ethyl adjacent to an activating group) is 1. The van der Waals surface area contributed by atoms with Gasteiger partial charge in [-0.05, 0) is 32.3 Å². The number of anilines is 1. The van der Waals surface area contributed by atoms with E-state index in [9.17, 15) is 14.9 Å². The molecule has 3 rings (SSSR count). The van der Waals surface area contributed by atoms with Crippen molar-refractivity contribution in [3.8, 4) is 5.75 Å². The molecular weight excluding hydrogens is 372 g/mol. The number of furan rings is 1. The maximum absolute atomic E-state index is 13.0. The summed E-state index contributed by atoms with van der Waals surface area (Å²) in [4.78, 5) is 31.1. The van der Waals surface area contributed by atoms with Gasteiger partial charge >= 0.3 is 5.88 Å². The first kappa shape index (κ1) is 18.8. The molecule has 0 fully saturated rings. The normalized spacial score (nSPS) is 11.1. The molecule has 0 bridgehead atoms. The van der Waals surface area contributed by atoms with Crippen LogP contribution in [0.25, 0.3) is 10.2 Å². The highest BCUT2D eigenvalue weighted by Crippen LogP contribution is 2.34. The summed E-state index contributed by atoms with van der Waals surface area (Å²) in [6.07, 6.45) is 0. The van der Waals surface area contributed by atoms with Crippen LogP contribution in [0.3, 0.4) is 0 Å². The van der Waals surface area contributed by atoms with Gasteiger partial charge in [-0.1, -0.05) is 17.4 Å². The lowest BCUT2D eigenvalue weighted by Gasteiger charge is -2.20. The van der Waals surface area contributed by atoms with Crippen LogP contribution >= 0.6 is 11.3 Å². The molecule has 0 saturated heterocycles. The Kier molecular flexibility index (Phi) is 5.38. The molecule has 1 aromatic carbocycles. The maximum atomic E-state index is 13.0. The number of ether oxygens (including phenoxy) is 1. The number of fused-ring (bicyclic) bond motifs is 1. The molecule has 0 aliphatic rings. The van der Waals surface area contributed by atoms with E-state index in [1.54, 1.807) is 13.2 Å². The number of carbonyl (C=O) groups is 1. The number of rotatable bonds is 7. The van der Waals surface area contributed by atoms with E-state index < -0.39 is 16.7 Å². The van der Waals surface area contributed by atoms with Crippen molar-refractivity contribution in [2.45, 2.75) is 0 Å². The van der Waals surface area contributed by atoms with E-state index in [2.05, 4.69) is 4.98 Å². The number of aromatic nitrogens is 1. The van der Waals surface area contributed by atoms with Gasteiger partial charge in [0.1, 0.15) is 16.2 Å². The Hall–Kier alpha value is -2.98. The van der Waals surface area contributed by atoms with E-state index in [1.165, 1.54) is 28.4 Å². The van der Waals surface area contributed by atoms with E-state index in [0.717, 1.165) is 4.70 Å². The zero-order valence-electron chi connectivity index (χ0n) is 15.0. The standard InChI is InChI=1S/C17H18N4O5S/c1-19(2)9-10-20(16(22)12-7-8-14(26-12)21(23)24)17-18-15-11(25-3)5-4-6-13(15)27-17/h4-8H,9-10H2,1-3H3. The molecule has 0 radical (unpaired) electrons. The third-order valence-electron chi connectivity index (χ3n) is 3.82. The fraction of sp³-hybridized carbons (Fsp3) is 0.294. The van der Waals surface area contributed by atoms with Crippen molar-refractivity contribution in [1.82, 2.24) is 9.88 Å².